The van der Waals surface area contributed by atoms with Gasteiger partial charge in [0, 0.05) is 0 Å². The Hall–Kier alpha value is -4.75. The van der Waals surface area contributed by atoms with Crippen LogP contribution in [-0.2, 0) is 4.79 Å². The highest BCUT2D eigenvalue weighted by Gasteiger charge is 2.27. The lowest BCUT2D eigenvalue weighted by atomic mass is 9.78. The molecule has 0 bridgehead atoms. The number of carbonyl (C=O) groups is 1. The zero-order valence-electron chi connectivity index (χ0n) is 20.1. The first-order valence-corrected chi connectivity index (χ1v) is 12.8. The van der Waals surface area contributed by atoms with Crippen molar-refractivity contribution in [3.8, 4) is 0 Å². The quantitative estimate of drug-likeness (QED) is 0.159. The van der Waals surface area contributed by atoms with Crippen molar-refractivity contribution in [1.82, 2.24) is 0 Å². The molecule has 1 unspecified atom stereocenters. The minimum Gasteiger partial charge on any atom is -0.294 e. The van der Waals surface area contributed by atoms with Crippen molar-refractivity contribution in [3.63, 3.8) is 0 Å². The molecule has 7 aromatic rings. The molecule has 172 valence electrons. The molecule has 9 rings (SSSR count). The lowest BCUT2D eigenvalue weighted by Crippen LogP contribution is -2.15. The Bertz CT molecular complexity index is 1940. The van der Waals surface area contributed by atoms with Crippen LogP contribution in [0, 0.1) is 0 Å². The van der Waals surface area contributed by atoms with Gasteiger partial charge in [0.15, 0.2) is 5.78 Å². The van der Waals surface area contributed by atoms with E-state index in [9.17, 15) is 4.79 Å². The highest BCUT2D eigenvalue weighted by atomic mass is 16.1. The Morgan fingerprint density at radius 2 is 0.946 bits per heavy atom. The average molecular weight is 471 g/mol. The fourth-order valence-electron chi connectivity index (χ4n) is 6.46. The van der Waals surface area contributed by atoms with Gasteiger partial charge in [-0.2, -0.15) is 0 Å². The van der Waals surface area contributed by atoms with Gasteiger partial charge in [0.1, 0.15) is 0 Å². The van der Waals surface area contributed by atoms with Gasteiger partial charge < -0.3 is 0 Å². The SMILES string of the molecule is O=C1C=Cc2ccc3cccc4c3c2C1C=C4.c1cc2cccc3c4cccc5cccc(c(c1)c23)c54. The number of carbonyl (C=O) groups excluding carboxylic acids is 1. The molecule has 7 aromatic carbocycles. The zero-order valence-corrected chi connectivity index (χ0v) is 20.1. The number of ketones is 1. The maximum Gasteiger partial charge on any atom is 0.166 e. The maximum absolute atomic E-state index is 11.9. The molecule has 2 aliphatic rings. The first-order valence-electron chi connectivity index (χ1n) is 12.8. The van der Waals surface area contributed by atoms with E-state index in [1.165, 1.54) is 70.6 Å². The van der Waals surface area contributed by atoms with Crippen LogP contribution in [0.3, 0.4) is 0 Å². The summed E-state index contributed by atoms with van der Waals surface area (Å²) in [6.07, 6.45) is 7.72. The summed E-state index contributed by atoms with van der Waals surface area (Å²) < 4.78 is 0. The molecule has 1 nitrogen and oxygen atoms in total. The predicted molar refractivity (Wildman–Crippen MR) is 157 cm³/mol. The number of benzene rings is 7. The Labute approximate surface area is 214 Å². The second-order valence-corrected chi connectivity index (χ2v) is 10.0. The highest BCUT2D eigenvalue weighted by molar-refractivity contribution is 6.32. The van der Waals surface area contributed by atoms with Crippen LogP contribution in [0.25, 0.3) is 66.0 Å². The molecule has 0 heterocycles. The van der Waals surface area contributed by atoms with Crippen molar-refractivity contribution in [2.45, 2.75) is 5.92 Å². The summed E-state index contributed by atoms with van der Waals surface area (Å²) in [7, 11) is 0. The van der Waals surface area contributed by atoms with Gasteiger partial charge in [0.2, 0.25) is 0 Å². The van der Waals surface area contributed by atoms with Gasteiger partial charge in [-0.1, -0.05) is 121 Å². The molecular weight excluding hydrogens is 448 g/mol. The second-order valence-electron chi connectivity index (χ2n) is 10.0. The van der Waals surface area contributed by atoms with Crippen LogP contribution in [0.2, 0.25) is 0 Å². The summed E-state index contributed by atoms with van der Waals surface area (Å²) in [6.45, 7) is 0. The highest BCUT2D eigenvalue weighted by Crippen LogP contribution is 2.41. The van der Waals surface area contributed by atoms with Gasteiger partial charge in [-0.3, -0.25) is 4.79 Å². The van der Waals surface area contributed by atoms with Crippen molar-refractivity contribution in [1.29, 1.82) is 0 Å². The third-order valence-corrected chi connectivity index (χ3v) is 8.05. The molecule has 1 atom stereocenters. The van der Waals surface area contributed by atoms with Gasteiger partial charge in [0.05, 0.1) is 5.92 Å². The van der Waals surface area contributed by atoms with Crippen molar-refractivity contribution in [2.24, 2.45) is 0 Å². The molecule has 0 spiro atoms. The van der Waals surface area contributed by atoms with Crippen molar-refractivity contribution in [3.05, 3.63) is 132 Å². The molecule has 0 fully saturated rings. The fourth-order valence-corrected chi connectivity index (χ4v) is 6.46. The molecule has 0 aliphatic heterocycles. The van der Waals surface area contributed by atoms with Crippen LogP contribution in [0.1, 0.15) is 22.6 Å². The molecule has 0 saturated heterocycles. The Balaban J connectivity index is 0.000000118. The molecule has 0 amide bonds. The van der Waals surface area contributed by atoms with Crippen LogP contribution >= 0.6 is 0 Å². The van der Waals surface area contributed by atoms with E-state index in [-0.39, 0.29) is 11.7 Å². The molecule has 0 radical (unpaired) electrons. The monoisotopic (exact) mass is 470 g/mol. The summed E-state index contributed by atoms with van der Waals surface area (Å²) in [5, 5.41) is 13.4. The van der Waals surface area contributed by atoms with E-state index < -0.39 is 0 Å². The topological polar surface area (TPSA) is 17.1 Å². The van der Waals surface area contributed by atoms with E-state index in [2.05, 4.69) is 109 Å². The summed E-state index contributed by atoms with van der Waals surface area (Å²) in [5.41, 5.74) is 3.59. The van der Waals surface area contributed by atoms with Crippen LogP contribution in [0.5, 0.6) is 0 Å². The van der Waals surface area contributed by atoms with Gasteiger partial charge in [0.25, 0.3) is 0 Å². The van der Waals surface area contributed by atoms with Crippen molar-refractivity contribution >= 4 is 71.8 Å². The normalized spacial score (nSPS) is 15.7. The standard InChI is InChI=1S/C20H12.C16H10O/c1-5-13-6-2-11-17-18-12-4-8-14-7-3-10-16(20(14)18)15(9-1)19(13)17;17-14-9-7-12-5-4-10-2-1-3-11-6-8-13(14)16(12)15(10)11/h1-12H;1-9,13H. The van der Waals surface area contributed by atoms with E-state index in [0.29, 0.717) is 0 Å². The lowest BCUT2D eigenvalue weighted by molar-refractivity contribution is -0.115. The molecule has 1 heteroatoms. The van der Waals surface area contributed by atoms with Gasteiger partial charge in [-0.15, -0.1) is 0 Å². The fraction of sp³-hybridized carbons (Fsp3) is 0.0278. The number of hydrogen-bond donors (Lipinski definition) is 0. The molecule has 2 aliphatic carbocycles. The first-order chi connectivity index (χ1) is 18.3. The summed E-state index contributed by atoms with van der Waals surface area (Å²) >= 11 is 0. The number of fused-ring (bicyclic) bond motifs is 2. The minimum absolute atomic E-state index is 0.0754. The number of allylic oxidation sites excluding steroid dienone is 2. The van der Waals surface area contributed by atoms with Crippen LogP contribution < -0.4 is 0 Å². The van der Waals surface area contributed by atoms with E-state index in [4.69, 9.17) is 0 Å². The molecular formula is C36H22O. The van der Waals surface area contributed by atoms with Crippen LogP contribution in [0.15, 0.2) is 115 Å². The summed E-state index contributed by atoms with van der Waals surface area (Å²) in [6, 6.07) is 37.0. The summed E-state index contributed by atoms with van der Waals surface area (Å²) in [5.74, 6) is 0.115. The number of rotatable bonds is 0. The van der Waals surface area contributed by atoms with E-state index in [0.717, 1.165) is 0 Å². The Morgan fingerprint density at radius 3 is 1.51 bits per heavy atom. The lowest BCUT2D eigenvalue weighted by Gasteiger charge is -2.24. The molecule has 37 heavy (non-hydrogen) atoms. The first kappa shape index (κ1) is 20.4. The van der Waals surface area contributed by atoms with Gasteiger partial charge in [-0.25, -0.2) is 0 Å². The Morgan fingerprint density at radius 1 is 0.432 bits per heavy atom. The zero-order chi connectivity index (χ0) is 24.5. The summed E-state index contributed by atoms with van der Waals surface area (Å²) in [4.78, 5) is 11.9. The van der Waals surface area contributed by atoms with E-state index >= 15 is 0 Å². The minimum atomic E-state index is -0.0754. The van der Waals surface area contributed by atoms with Crippen molar-refractivity contribution in [2.75, 3.05) is 0 Å². The molecule has 0 aromatic heterocycles. The van der Waals surface area contributed by atoms with E-state index in [1.807, 2.05) is 12.2 Å². The van der Waals surface area contributed by atoms with Crippen LogP contribution in [0.4, 0.5) is 0 Å². The third kappa shape index (κ3) is 2.89. The smallest absolute Gasteiger partial charge is 0.166 e. The third-order valence-electron chi connectivity index (χ3n) is 8.05. The van der Waals surface area contributed by atoms with E-state index in [1.54, 1.807) is 6.08 Å². The molecule has 0 N–H and O–H groups in total. The second kappa shape index (κ2) is 7.62. The Kier molecular flexibility index (Phi) is 4.21. The van der Waals surface area contributed by atoms with Crippen LogP contribution in [-0.4, -0.2) is 5.78 Å². The maximum atomic E-state index is 11.9. The average Bonchev–Trinajstić information content (AvgIpc) is 2.96. The predicted octanol–water partition coefficient (Wildman–Crippen LogP) is 9.28. The van der Waals surface area contributed by atoms with Crippen molar-refractivity contribution < 1.29 is 4.79 Å². The number of hydrogen-bond acceptors (Lipinski definition) is 1. The van der Waals surface area contributed by atoms with Gasteiger partial charge >= 0.3 is 0 Å². The van der Waals surface area contributed by atoms with Gasteiger partial charge in [-0.05, 0) is 76.6 Å². The molecule has 0 saturated carbocycles. The largest absolute Gasteiger partial charge is 0.294 e.